The molecule has 0 spiro atoms. The SMILES string of the molecule is CSc1ncc2c(=O)n(-c3ccccc3C(F)(F)F)c(=O)[nH]c2n1. The molecule has 3 aromatic rings. The first-order valence-electron chi connectivity index (χ1n) is 6.55. The summed E-state index contributed by atoms with van der Waals surface area (Å²) in [7, 11) is 0. The number of para-hydroxylation sites is 1. The maximum absolute atomic E-state index is 13.2. The lowest BCUT2D eigenvalue weighted by atomic mass is 10.1. The highest BCUT2D eigenvalue weighted by Crippen LogP contribution is 2.32. The Morgan fingerprint density at radius 2 is 1.92 bits per heavy atom. The number of halogens is 3. The van der Waals surface area contributed by atoms with Gasteiger partial charge in [-0.3, -0.25) is 9.78 Å². The Hall–Kier alpha value is -2.62. The van der Waals surface area contributed by atoms with Crippen LogP contribution in [0.1, 0.15) is 5.56 Å². The average molecular weight is 354 g/mol. The maximum Gasteiger partial charge on any atom is 0.418 e. The highest BCUT2D eigenvalue weighted by molar-refractivity contribution is 7.98. The molecular formula is C14H9F3N4O2S. The lowest BCUT2D eigenvalue weighted by Crippen LogP contribution is -2.35. The van der Waals surface area contributed by atoms with E-state index in [0.717, 1.165) is 12.1 Å². The number of alkyl halides is 3. The van der Waals surface area contributed by atoms with Gasteiger partial charge in [0.15, 0.2) is 10.8 Å². The second-order valence-electron chi connectivity index (χ2n) is 4.70. The molecule has 24 heavy (non-hydrogen) atoms. The van der Waals surface area contributed by atoms with Crippen molar-refractivity contribution in [1.29, 1.82) is 0 Å². The summed E-state index contributed by atoms with van der Waals surface area (Å²) in [6, 6.07) is 4.36. The van der Waals surface area contributed by atoms with Crippen molar-refractivity contribution in [2.24, 2.45) is 0 Å². The average Bonchev–Trinajstić information content (AvgIpc) is 2.53. The van der Waals surface area contributed by atoms with Crippen molar-refractivity contribution in [2.45, 2.75) is 11.3 Å². The highest BCUT2D eigenvalue weighted by Gasteiger charge is 2.34. The predicted molar refractivity (Wildman–Crippen MR) is 82.5 cm³/mol. The van der Waals surface area contributed by atoms with Crippen LogP contribution in [0.25, 0.3) is 16.7 Å². The van der Waals surface area contributed by atoms with E-state index in [9.17, 15) is 22.8 Å². The van der Waals surface area contributed by atoms with E-state index in [2.05, 4.69) is 15.0 Å². The summed E-state index contributed by atoms with van der Waals surface area (Å²) in [5, 5.41) is 0.246. The van der Waals surface area contributed by atoms with Gasteiger partial charge in [0.05, 0.1) is 11.3 Å². The molecule has 2 aromatic heterocycles. The Morgan fingerprint density at radius 3 is 2.58 bits per heavy atom. The van der Waals surface area contributed by atoms with Crippen LogP contribution in [0.15, 0.2) is 45.2 Å². The van der Waals surface area contributed by atoms with Crippen LogP contribution in [0.3, 0.4) is 0 Å². The van der Waals surface area contributed by atoms with E-state index < -0.39 is 28.7 Å². The quantitative estimate of drug-likeness (QED) is 0.564. The van der Waals surface area contributed by atoms with Crippen molar-refractivity contribution in [2.75, 3.05) is 6.26 Å². The number of thioether (sulfide) groups is 1. The number of H-pyrrole nitrogens is 1. The molecule has 0 atom stereocenters. The fourth-order valence-electron chi connectivity index (χ4n) is 2.21. The van der Waals surface area contributed by atoms with Crippen molar-refractivity contribution in [1.82, 2.24) is 19.5 Å². The van der Waals surface area contributed by atoms with Crippen LogP contribution in [0, 0.1) is 0 Å². The number of benzene rings is 1. The first-order valence-corrected chi connectivity index (χ1v) is 7.78. The topological polar surface area (TPSA) is 80.6 Å². The number of aromatic nitrogens is 4. The number of nitrogens with zero attached hydrogens (tertiary/aromatic N) is 3. The van der Waals surface area contributed by atoms with Crippen LogP contribution in [0.5, 0.6) is 0 Å². The van der Waals surface area contributed by atoms with Crippen LogP contribution < -0.4 is 11.2 Å². The van der Waals surface area contributed by atoms with E-state index in [-0.39, 0.29) is 11.0 Å². The van der Waals surface area contributed by atoms with Crippen molar-refractivity contribution in [3.63, 3.8) is 0 Å². The van der Waals surface area contributed by atoms with Crippen molar-refractivity contribution >= 4 is 22.8 Å². The maximum atomic E-state index is 13.2. The summed E-state index contributed by atoms with van der Waals surface area (Å²) in [6.07, 6.45) is -1.82. The Balaban J connectivity index is 2.37. The van der Waals surface area contributed by atoms with Crippen LogP contribution in [0.2, 0.25) is 0 Å². The van der Waals surface area contributed by atoms with Gasteiger partial charge in [0.2, 0.25) is 0 Å². The molecule has 0 fully saturated rings. The first kappa shape index (κ1) is 16.2. The van der Waals surface area contributed by atoms with Gasteiger partial charge in [-0.15, -0.1) is 0 Å². The third-order valence-electron chi connectivity index (χ3n) is 3.26. The summed E-state index contributed by atoms with van der Waals surface area (Å²) in [6.45, 7) is 0. The summed E-state index contributed by atoms with van der Waals surface area (Å²) in [5.74, 6) is 0. The molecule has 6 nitrogen and oxygen atoms in total. The Morgan fingerprint density at radius 1 is 1.21 bits per heavy atom. The Kier molecular flexibility index (Phi) is 3.91. The van der Waals surface area contributed by atoms with Gasteiger partial charge in [0.25, 0.3) is 5.56 Å². The number of fused-ring (bicyclic) bond motifs is 1. The lowest BCUT2D eigenvalue weighted by Gasteiger charge is -2.13. The van der Waals surface area contributed by atoms with Gasteiger partial charge in [-0.2, -0.15) is 13.2 Å². The van der Waals surface area contributed by atoms with Crippen LogP contribution in [-0.4, -0.2) is 25.8 Å². The van der Waals surface area contributed by atoms with E-state index in [0.29, 0.717) is 9.72 Å². The first-order chi connectivity index (χ1) is 11.3. The molecule has 124 valence electrons. The van der Waals surface area contributed by atoms with Crippen molar-refractivity contribution in [3.8, 4) is 5.69 Å². The number of aromatic amines is 1. The molecule has 0 radical (unpaired) electrons. The number of nitrogens with one attached hydrogen (secondary N) is 1. The monoisotopic (exact) mass is 354 g/mol. The molecule has 0 aliphatic rings. The third-order valence-corrected chi connectivity index (χ3v) is 3.82. The minimum Gasteiger partial charge on any atom is -0.291 e. The summed E-state index contributed by atoms with van der Waals surface area (Å²) in [4.78, 5) is 34.9. The summed E-state index contributed by atoms with van der Waals surface area (Å²) in [5.41, 5.74) is -3.58. The Bertz CT molecular complexity index is 1040. The number of hydrogen-bond donors (Lipinski definition) is 1. The molecular weight excluding hydrogens is 345 g/mol. The molecule has 10 heteroatoms. The third kappa shape index (κ3) is 2.68. The standard InChI is InChI=1S/C14H9F3N4O2S/c1-24-12-18-6-7-10(19-12)20-13(23)21(11(7)22)9-5-3-2-4-8(9)14(15,16)17/h2-6H,1H3,(H,18,19,20,23). The van der Waals surface area contributed by atoms with Crippen molar-refractivity contribution < 1.29 is 13.2 Å². The minimum atomic E-state index is -4.71. The van der Waals surface area contributed by atoms with Gasteiger partial charge in [-0.1, -0.05) is 23.9 Å². The van der Waals surface area contributed by atoms with E-state index in [1.165, 1.54) is 30.1 Å². The fourth-order valence-corrected chi connectivity index (χ4v) is 2.55. The Labute approximate surface area is 136 Å². The normalized spacial score (nSPS) is 11.8. The van der Waals surface area contributed by atoms with E-state index >= 15 is 0 Å². The highest BCUT2D eigenvalue weighted by atomic mass is 32.2. The zero-order valence-electron chi connectivity index (χ0n) is 12.1. The molecule has 3 rings (SSSR count). The molecule has 2 heterocycles. The second kappa shape index (κ2) is 5.78. The van der Waals surface area contributed by atoms with Gasteiger partial charge >= 0.3 is 11.9 Å². The number of rotatable bonds is 2. The van der Waals surface area contributed by atoms with Gasteiger partial charge < -0.3 is 0 Å². The largest absolute Gasteiger partial charge is 0.418 e. The predicted octanol–water partition coefficient (Wildman–Crippen LogP) is 2.21. The van der Waals surface area contributed by atoms with E-state index in [1.807, 2.05) is 0 Å². The van der Waals surface area contributed by atoms with Crippen LogP contribution in [-0.2, 0) is 6.18 Å². The minimum absolute atomic E-state index is 0.0231. The van der Waals surface area contributed by atoms with Gasteiger partial charge in [0, 0.05) is 6.20 Å². The molecule has 1 aromatic carbocycles. The molecule has 0 aliphatic carbocycles. The zero-order chi connectivity index (χ0) is 17.5. The number of hydrogen-bond acceptors (Lipinski definition) is 5. The van der Waals surface area contributed by atoms with Crippen LogP contribution in [0.4, 0.5) is 13.2 Å². The molecule has 0 saturated heterocycles. The molecule has 0 amide bonds. The van der Waals surface area contributed by atoms with E-state index in [4.69, 9.17) is 0 Å². The molecule has 0 aliphatic heterocycles. The van der Waals surface area contributed by atoms with Crippen LogP contribution >= 0.6 is 11.8 Å². The van der Waals surface area contributed by atoms with Gasteiger partial charge in [0.1, 0.15) is 5.39 Å². The van der Waals surface area contributed by atoms with Gasteiger partial charge in [-0.25, -0.2) is 19.3 Å². The van der Waals surface area contributed by atoms with Gasteiger partial charge in [-0.05, 0) is 18.4 Å². The second-order valence-corrected chi connectivity index (χ2v) is 5.48. The summed E-state index contributed by atoms with van der Waals surface area (Å²) < 4.78 is 39.9. The molecule has 0 saturated carbocycles. The molecule has 0 unspecified atom stereocenters. The zero-order valence-corrected chi connectivity index (χ0v) is 12.9. The molecule has 0 bridgehead atoms. The van der Waals surface area contributed by atoms with Crippen molar-refractivity contribution in [3.05, 3.63) is 56.9 Å². The van der Waals surface area contributed by atoms with E-state index in [1.54, 1.807) is 6.26 Å². The lowest BCUT2D eigenvalue weighted by molar-refractivity contribution is -0.137. The molecule has 1 N–H and O–H groups in total. The fraction of sp³-hybridized carbons (Fsp3) is 0.143. The summed E-state index contributed by atoms with van der Waals surface area (Å²) >= 11 is 1.20. The smallest absolute Gasteiger partial charge is 0.291 e.